The smallest absolute Gasteiger partial charge is 0.155 e. The van der Waals surface area contributed by atoms with Gasteiger partial charge in [0.15, 0.2) is 5.65 Å². The minimum atomic E-state index is -0.336. The van der Waals surface area contributed by atoms with Crippen LogP contribution in [-0.2, 0) is 0 Å². The number of fused-ring (bicyclic) bond motifs is 2. The Morgan fingerprint density at radius 1 is 0.872 bits per heavy atom. The highest BCUT2D eigenvalue weighted by molar-refractivity contribution is 5.99. The molecule has 0 radical (unpaired) electrons. The predicted octanol–water partition coefficient (Wildman–Crippen LogP) is 5.84. The quantitative estimate of drug-likeness (QED) is 0.275. The van der Waals surface area contributed by atoms with Crippen molar-refractivity contribution < 1.29 is 9.13 Å². The van der Waals surface area contributed by atoms with E-state index < -0.39 is 0 Å². The second-order valence-electron chi connectivity index (χ2n) is 9.81. The summed E-state index contributed by atoms with van der Waals surface area (Å²) in [4.78, 5) is 19.1. The average molecular weight is 520 g/mol. The number of pyridine rings is 3. The fourth-order valence-electron chi connectivity index (χ4n) is 5.31. The minimum absolute atomic E-state index is 0.336. The van der Waals surface area contributed by atoms with Gasteiger partial charge < -0.3 is 9.72 Å². The largest absolute Gasteiger partial charge is 0.492 e. The molecule has 5 aromatic heterocycles. The van der Waals surface area contributed by atoms with E-state index in [-0.39, 0.29) is 5.82 Å². The number of H-pyrrole nitrogens is 2. The Labute approximate surface area is 223 Å². The summed E-state index contributed by atoms with van der Waals surface area (Å²) in [6.45, 7) is 3.59. The number of benzene rings is 1. The van der Waals surface area contributed by atoms with Gasteiger partial charge in [0.2, 0.25) is 0 Å². The molecular formula is C30H26FN7O. The summed E-state index contributed by atoms with van der Waals surface area (Å²) >= 11 is 0. The van der Waals surface area contributed by atoms with Gasteiger partial charge in [-0.25, -0.2) is 14.4 Å². The van der Waals surface area contributed by atoms with E-state index in [1.165, 1.54) is 25.0 Å². The highest BCUT2D eigenvalue weighted by Crippen LogP contribution is 2.35. The Hall–Kier alpha value is -4.63. The van der Waals surface area contributed by atoms with Crippen molar-refractivity contribution in [3.63, 3.8) is 0 Å². The fraction of sp³-hybridized carbons (Fsp3) is 0.200. The summed E-state index contributed by atoms with van der Waals surface area (Å²) in [5.74, 6) is 0.189. The van der Waals surface area contributed by atoms with Gasteiger partial charge in [-0.2, -0.15) is 5.10 Å². The van der Waals surface area contributed by atoms with Crippen LogP contribution in [0, 0.1) is 5.82 Å². The van der Waals surface area contributed by atoms with Crippen molar-refractivity contribution in [2.75, 3.05) is 26.2 Å². The molecule has 1 saturated heterocycles. The third-order valence-electron chi connectivity index (χ3n) is 7.26. The zero-order valence-electron chi connectivity index (χ0n) is 21.2. The first-order valence-corrected chi connectivity index (χ1v) is 13.1. The van der Waals surface area contributed by atoms with E-state index in [9.17, 15) is 4.39 Å². The zero-order valence-corrected chi connectivity index (χ0v) is 21.2. The first-order chi connectivity index (χ1) is 19.2. The van der Waals surface area contributed by atoms with Gasteiger partial charge >= 0.3 is 0 Å². The molecule has 1 fully saturated rings. The molecule has 6 heterocycles. The number of aromatic nitrogens is 6. The van der Waals surface area contributed by atoms with Crippen molar-refractivity contribution in [3.8, 4) is 39.4 Å². The zero-order chi connectivity index (χ0) is 26.2. The van der Waals surface area contributed by atoms with Gasteiger partial charge in [-0.3, -0.25) is 15.0 Å². The number of halogens is 1. The number of likely N-dealkylation sites (tertiary alicyclic amines) is 1. The lowest BCUT2D eigenvalue weighted by atomic mass is 10.0. The van der Waals surface area contributed by atoms with E-state index in [2.05, 4.69) is 41.1 Å². The van der Waals surface area contributed by atoms with Crippen LogP contribution < -0.4 is 4.74 Å². The molecular weight excluding hydrogens is 493 g/mol. The SMILES string of the molecule is Fc1cc(OCCN2CCCC2)cc(-c2ccnc3[nH]c(-c4n[nH]c5ncc(-c6cccnc6)cc45)cc23)c1. The van der Waals surface area contributed by atoms with Gasteiger partial charge in [0.25, 0.3) is 0 Å². The Kier molecular flexibility index (Phi) is 5.97. The van der Waals surface area contributed by atoms with Crippen LogP contribution in [0.3, 0.4) is 0 Å². The maximum absolute atomic E-state index is 14.7. The molecule has 0 spiro atoms. The molecule has 8 nitrogen and oxygen atoms in total. The molecule has 2 N–H and O–H groups in total. The Morgan fingerprint density at radius 2 is 1.79 bits per heavy atom. The van der Waals surface area contributed by atoms with E-state index in [4.69, 9.17) is 4.74 Å². The van der Waals surface area contributed by atoms with E-state index in [1.54, 1.807) is 18.6 Å². The summed E-state index contributed by atoms with van der Waals surface area (Å²) in [5.41, 5.74) is 6.42. The van der Waals surface area contributed by atoms with Crippen molar-refractivity contribution in [1.82, 2.24) is 35.0 Å². The summed E-state index contributed by atoms with van der Waals surface area (Å²) in [6, 6.07) is 14.7. The molecule has 1 aliphatic heterocycles. The normalized spacial score (nSPS) is 14.0. The Bertz CT molecular complexity index is 1770. The lowest BCUT2D eigenvalue weighted by molar-refractivity contribution is 0.237. The van der Waals surface area contributed by atoms with Gasteiger partial charge in [-0.15, -0.1) is 0 Å². The first kappa shape index (κ1) is 23.5. The van der Waals surface area contributed by atoms with E-state index in [0.29, 0.717) is 23.7 Å². The Balaban J connectivity index is 1.23. The molecule has 39 heavy (non-hydrogen) atoms. The summed E-state index contributed by atoms with van der Waals surface area (Å²) in [6.07, 6.45) is 9.55. The van der Waals surface area contributed by atoms with Crippen molar-refractivity contribution in [2.45, 2.75) is 12.8 Å². The number of rotatable bonds is 7. The summed E-state index contributed by atoms with van der Waals surface area (Å²) < 4.78 is 20.6. The van der Waals surface area contributed by atoms with E-state index in [0.717, 1.165) is 64.0 Å². The van der Waals surface area contributed by atoms with Crippen LogP contribution in [0.15, 0.2) is 73.3 Å². The summed E-state index contributed by atoms with van der Waals surface area (Å²) in [7, 11) is 0. The third-order valence-corrected chi connectivity index (χ3v) is 7.26. The van der Waals surface area contributed by atoms with Crippen molar-refractivity contribution in [3.05, 3.63) is 79.1 Å². The molecule has 0 unspecified atom stereocenters. The van der Waals surface area contributed by atoms with Gasteiger partial charge in [0.05, 0.1) is 5.69 Å². The van der Waals surface area contributed by atoms with Crippen LogP contribution in [-0.4, -0.2) is 61.3 Å². The first-order valence-electron chi connectivity index (χ1n) is 13.1. The number of nitrogens with one attached hydrogen (secondary N) is 2. The minimum Gasteiger partial charge on any atom is -0.492 e. The third kappa shape index (κ3) is 4.61. The lowest BCUT2D eigenvalue weighted by Gasteiger charge is -2.15. The monoisotopic (exact) mass is 519 g/mol. The summed E-state index contributed by atoms with van der Waals surface area (Å²) in [5, 5.41) is 9.32. The molecule has 6 aromatic rings. The van der Waals surface area contributed by atoms with Crippen molar-refractivity contribution >= 4 is 22.1 Å². The average Bonchev–Trinajstić information content (AvgIpc) is 3.72. The molecule has 0 bridgehead atoms. The second kappa shape index (κ2) is 9.92. The number of ether oxygens (including phenoxy) is 1. The van der Waals surface area contributed by atoms with Crippen LogP contribution in [0.1, 0.15) is 12.8 Å². The Morgan fingerprint density at radius 3 is 2.67 bits per heavy atom. The fourth-order valence-corrected chi connectivity index (χ4v) is 5.31. The predicted molar refractivity (Wildman–Crippen MR) is 149 cm³/mol. The highest BCUT2D eigenvalue weighted by atomic mass is 19.1. The topological polar surface area (TPSA) is 95.6 Å². The van der Waals surface area contributed by atoms with Gasteiger partial charge in [-0.05, 0) is 73.5 Å². The second-order valence-corrected chi connectivity index (χ2v) is 9.81. The number of aromatic amines is 2. The number of hydrogen-bond donors (Lipinski definition) is 2. The molecule has 0 aliphatic carbocycles. The lowest BCUT2D eigenvalue weighted by Crippen LogP contribution is -2.25. The number of nitrogens with zero attached hydrogens (tertiary/aromatic N) is 5. The molecule has 1 aromatic carbocycles. The molecule has 1 aliphatic rings. The molecule has 0 saturated carbocycles. The van der Waals surface area contributed by atoms with Crippen LogP contribution in [0.4, 0.5) is 4.39 Å². The van der Waals surface area contributed by atoms with Crippen LogP contribution >= 0.6 is 0 Å². The molecule has 0 atom stereocenters. The van der Waals surface area contributed by atoms with Gasteiger partial charge in [0.1, 0.15) is 29.5 Å². The van der Waals surface area contributed by atoms with E-state index in [1.807, 2.05) is 36.5 Å². The van der Waals surface area contributed by atoms with Crippen LogP contribution in [0.5, 0.6) is 5.75 Å². The van der Waals surface area contributed by atoms with Crippen molar-refractivity contribution in [1.29, 1.82) is 0 Å². The van der Waals surface area contributed by atoms with Crippen LogP contribution in [0.25, 0.3) is 55.7 Å². The maximum Gasteiger partial charge on any atom is 0.155 e. The van der Waals surface area contributed by atoms with Gasteiger partial charge in [0, 0.05) is 59.3 Å². The van der Waals surface area contributed by atoms with Crippen LogP contribution in [0.2, 0.25) is 0 Å². The number of hydrogen-bond acceptors (Lipinski definition) is 6. The molecule has 194 valence electrons. The highest BCUT2D eigenvalue weighted by Gasteiger charge is 2.17. The molecule has 9 heteroatoms. The standard InChI is InChI=1S/C30H26FN7O/c31-22-12-20(13-23(15-22)39-11-10-38-8-1-2-9-38)24-5-7-33-29-25(24)16-27(35-29)28-26-14-21(18-34-30(26)37-36-28)19-4-3-6-32-17-19/h3-7,12-18H,1-2,8-11H2,(H,33,35)(H,34,36,37). The van der Waals surface area contributed by atoms with Crippen molar-refractivity contribution in [2.24, 2.45) is 0 Å². The molecule has 0 amide bonds. The molecule has 7 rings (SSSR count). The van der Waals surface area contributed by atoms with E-state index >= 15 is 0 Å². The maximum atomic E-state index is 14.7. The van der Waals surface area contributed by atoms with Gasteiger partial charge in [-0.1, -0.05) is 6.07 Å².